The summed E-state index contributed by atoms with van der Waals surface area (Å²) in [5.74, 6) is -1.61. The number of aryl methyl sites for hydroxylation is 1. The molecule has 7 nitrogen and oxygen atoms in total. The van der Waals surface area contributed by atoms with Crippen molar-refractivity contribution < 1.29 is 37.0 Å². The molecule has 160 valence electrons. The van der Waals surface area contributed by atoms with E-state index in [4.69, 9.17) is 4.74 Å². The maximum atomic E-state index is 12.3. The highest BCUT2D eigenvalue weighted by atomic mass is 19.4. The van der Waals surface area contributed by atoms with Gasteiger partial charge in [0.1, 0.15) is 0 Å². The van der Waals surface area contributed by atoms with Gasteiger partial charge in [0.25, 0.3) is 5.91 Å². The Morgan fingerprint density at radius 1 is 1.17 bits per heavy atom. The van der Waals surface area contributed by atoms with Gasteiger partial charge in [-0.05, 0) is 38.8 Å². The maximum Gasteiger partial charge on any atom is 0.422 e. The first kappa shape index (κ1) is 22.5. The fourth-order valence-electron chi connectivity index (χ4n) is 2.74. The Balaban J connectivity index is 1.76. The third kappa shape index (κ3) is 7.28. The lowest BCUT2D eigenvalue weighted by Gasteiger charge is -2.30. The van der Waals surface area contributed by atoms with Crippen LogP contribution in [0.15, 0.2) is 24.3 Å². The van der Waals surface area contributed by atoms with Crippen LogP contribution in [-0.2, 0) is 19.1 Å². The van der Waals surface area contributed by atoms with Gasteiger partial charge < -0.3 is 19.7 Å². The molecule has 0 bridgehead atoms. The Bertz CT molecular complexity index is 728. The third-order valence-corrected chi connectivity index (χ3v) is 4.43. The fraction of sp³-hybridized carbons (Fsp3) is 0.526. The summed E-state index contributed by atoms with van der Waals surface area (Å²) >= 11 is 0. The number of halogens is 3. The summed E-state index contributed by atoms with van der Waals surface area (Å²) in [4.78, 5) is 37.2. The molecule has 2 rings (SSSR count). The minimum atomic E-state index is -4.59. The topological polar surface area (TPSA) is 84.9 Å². The summed E-state index contributed by atoms with van der Waals surface area (Å²) in [6.45, 7) is 1.85. The van der Waals surface area contributed by atoms with Gasteiger partial charge in [0.15, 0.2) is 12.7 Å². The van der Waals surface area contributed by atoms with Crippen molar-refractivity contribution in [2.75, 3.05) is 25.0 Å². The van der Waals surface area contributed by atoms with Crippen molar-refractivity contribution in [1.29, 1.82) is 0 Å². The van der Waals surface area contributed by atoms with Gasteiger partial charge in [0.2, 0.25) is 0 Å². The number of piperidine rings is 1. The second kappa shape index (κ2) is 9.62. The molecule has 0 aromatic heterocycles. The van der Waals surface area contributed by atoms with Crippen molar-refractivity contribution in [2.45, 2.75) is 39.0 Å². The molecule has 10 heteroatoms. The van der Waals surface area contributed by atoms with Crippen LogP contribution in [0.25, 0.3) is 0 Å². The van der Waals surface area contributed by atoms with E-state index < -0.39 is 42.8 Å². The summed E-state index contributed by atoms with van der Waals surface area (Å²) in [5, 5.41) is 2.65. The van der Waals surface area contributed by atoms with E-state index >= 15 is 0 Å². The quantitative estimate of drug-likeness (QED) is 0.745. The first-order chi connectivity index (χ1) is 13.5. The smallest absolute Gasteiger partial charge is 0.422 e. The number of anilines is 1. The maximum absolute atomic E-state index is 12.3. The average Bonchev–Trinajstić information content (AvgIpc) is 2.67. The Kier molecular flexibility index (Phi) is 7.46. The predicted octanol–water partition coefficient (Wildman–Crippen LogP) is 3.28. The fourth-order valence-corrected chi connectivity index (χ4v) is 2.74. The number of esters is 1. The molecule has 1 aromatic carbocycles. The molecule has 1 aliphatic heterocycles. The molecule has 1 heterocycles. The average molecular weight is 416 g/mol. The normalized spacial score (nSPS) is 16.1. The number of likely N-dealkylation sites (tertiary alicyclic amines) is 1. The lowest BCUT2D eigenvalue weighted by Crippen LogP contribution is -2.42. The van der Waals surface area contributed by atoms with Crippen LogP contribution < -0.4 is 5.32 Å². The molecule has 1 aromatic rings. The van der Waals surface area contributed by atoms with Crippen molar-refractivity contribution in [2.24, 2.45) is 5.92 Å². The van der Waals surface area contributed by atoms with Gasteiger partial charge in [-0.2, -0.15) is 13.2 Å². The minimum absolute atomic E-state index is 0.0698. The molecule has 0 spiro atoms. The first-order valence-corrected chi connectivity index (χ1v) is 9.11. The van der Waals surface area contributed by atoms with Gasteiger partial charge in [0.05, 0.1) is 5.92 Å². The Morgan fingerprint density at radius 3 is 2.31 bits per heavy atom. The van der Waals surface area contributed by atoms with E-state index in [1.54, 1.807) is 12.1 Å². The van der Waals surface area contributed by atoms with Gasteiger partial charge in [-0.15, -0.1) is 0 Å². The number of nitrogens with zero attached hydrogens (tertiary/aromatic N) is 1. The monoisotopic (exact) mass is 416 g/mol. The number of alkyl halides is 3. The lowest BCUT2D eigenvalue weighted by atomic mass is 9.97. The largest absolute Gasteiger partial charge is 0.452 e. The SMILES string of the molecule is Cc1ccc(NC(=O)[C@H](C)OC(=O)C2CCN(C(=O)OCC(F)(F)F)CC2)cc1. The Labute approximate surface area is 166 Å². The van der Waals surface area contributed by atoms with Gasteiger partial charge in [-0.25, -0.2) is 4.79 Å². The summed E-state index contributed by atoms with van der Waals surface area (Å²) in [6.07, 6.45) is -6.25. The van der Waals surface area contributed by atoms with Crippen molar-refractivity contribution >= 4 is 23.7 Å². The second-order valence-corrected chi connectivity index (χ2v) is 6.87. The Hall–Kier alpha value is -2.78. The van der Waals surface area contributed by atoms with Crippen LogP contribution >= 0.6 is 0 Å². The Morgan fingerprint density at radius 2 is 1.76 bits per heavy atom. The van der Waals surface area contributed by atoms with Gasteiger partial charge in [-0.1, -0.05) is 17.7 Å². The van der Waals surface area contributed by atoms with E-state index in [1.807, 2.05) is 19.1 Å². The minimum Gasteiger partial charge on any atom is -0.452 e. The van der Waals surface area contributed by atoms with Crippen LogP contribution in [0.3, 0.4) is 0 Å². The van der Waals surface area contributed by atoms with Crippen LogP contribution in [0, 0.1) is 12.8 Å². The van der Waals surface area contributed by atoms with E-state index in [9.17, 15) is 27.6 Å². The highest BCUT2D eigenvalue weighted by Crippen LogP contribution is 2.21. The van der Waals surface area contributed by atoms with E-state index in [2.05, 4.69) is 10.1 Å². The molecule has 29 heavy (non-hydrogen) atoms. The molecule has 0 saturated carbocycles. The molecule has 0 unspecified atom stereocenters. The molecule has 2 amide bonds. The van der Waals surface area contributed by atoms with Gasteiger partial charge in [0, 0.05) is 18.8 Å². The molecule has 0 aliphatic carbocycles. The second-order valence-electron chi connectivity index (χ2n) is 6.87. The van der Waals surface area contributed by atoms with E-state index in [1.165, 1.54) is 6.92 Å². The zero-order chi connectivity index (χ0) is 21.6. The number of carbonyl (C=O) groups excluding carboxylic acids is 3. The van der Waals surface area contributed by atoms with E-state index in [0.717, 1.165) is 10.5 Å². The zero-order valence-electron chi connectivity index (χ0n) is 16.1. The molecule has 1 fully saturated rings. The number of hydrogen-bond donors (Lipinski definition) is 1. The molecular weight excluding hydrogens is 393 g/mol. The van der Waals surface area contributed by atoms with Crippen LogP contribution in [0.5, 0.6) is 0 Å². The molecule has 1 atom stereocenters. The summed E-state index contributed by atoms with van der Waals surface area (Å²) < 4.78 is 45.7. The molecular formula is C19H23F3N2O5. The van der Waals surface area contributed by atoms with Crippen molar-refractivity contribution in [1.82, 2.24) is 4.90 Å². The number of amides is 2. The number of carbonyl (C=O) groups is 3. The summed E-state index contributed by atoms with van der Waals surface area (Å²) in [7, 11) is 0. The van der Waals surface area contributed by atoms with Crippen LogP contribution in [0.1, 0.15) is 25.3 Å². The molecule has 0 radical (unpaired) electrons. The standard InChI is InChI=1S/C19H23F3N2O5/c1-12-3-5-15(6-4-12)23-16(25)13(2)29-17(26)14-7-9-24(10-8-14)18(27)28-11-19(20,21)22/h3-6,13-14H,7-11H2,1-2H3,(H,23,25)/t13-/m0/s1. The van der Waals surface area contributed by atoms with Crippen molar-refractivity contribution in [3.8, 4) is 0 Å². The van der Waals surface area contributed by atoms with Crippen LogP contribution in [0.4, 0.5) is 23.7 Å². The summed E-state index contributed by atoms with van der Waals surface area (Å²) in [5.41, 5.74) is 1.62. The predicted molar refractivity (Wildman–Crippen MR) is 97.1 cm³/mol. The van der Waals surface area contributed by atoms with Crippen molar-refractivity contribution in [3.05, 3.63) is 29.8 Å². The van der Waals surface area contributed by atoms with E-state index in [-0.39, 0.29) is 25.9 Å². The molecule has 1 aliphatic rings. The van der Waals surface area contributed by atoms with E-state index in [0.29, 0.717) is 5.69 Å². The van der Waals surface area contributed by atoms with Crippen LogP contribution in [-0.4, -0.2) is 54.8 Å². The number of benzene rings is 1. The lowest BCUT2D eigenvalue weighted by molar-refractivity contribution is -0.163. The number of rotatable bonds is 5. The van der Waals surface area contributed by atoms with Gasteiger partial charge in [-0.3, -0.25) is 9.59 Å². The highest BCUT2D eigenvalue weighted by Gasteiger charge is 2.34. The molecule has 1 saturated heterocycles. The van der Waals surface area contributed by atoms with Crippen LogP contribution in [0.2, 0.25) is 0 Å². The third-order valence-electron chi connectivity index (χ3n) is 4.43. The summed E-state index contributed by atoms with van der Waals surface area (Å²) in [6, 6.07) is 7.13. The van der Waals surface area contributed by atoms with Crippen molar-refractivity contribution in [3.63, 3.8) is 0 Å². The number of hydrogen-bond acceptors (Lipinski definition) is 5. The van der Waals surface area contributed by atoms with Gasteiger partial charge >= 0.3 is 18.2 Å². The first-order valence-electron chi connectivity index (χ1n) is 9.11. The number of ether oxygens (including phenoxy) is 2. The zero-order valence-corrected chi connectivity index (χ0v) is 16.1. The highest BCUT2D eigenvalue weighted by molar-refractivity contribution is 5.95. The number of nitrogens with one attached hydrogen (secondary N) is 1. The molecule has 1 N–H and O–H groups in total.